The van der Waals surface area contributed by atoms with Crippen LogP contribution in [0.15, 0.2) is 53.4 Å². The van der Waals surface area contributed by atoms with Gasteiger partial charge in [-0.05, 0) is 24.1 Å². The van der Waals surface area contributed by atoms with Gasteiger partial charge in [0, 0.05) is 22.8 Å². The maximum Gasteiger partial charge on any atom is 0.139 e. The largest absolute Gasteiger partial charge is 0.391 e. The van der Waals surface area contributed by atoms with E-state index in [2.05, 4.69) is 0 Å². The van der Waals surface area contributed by atoms with Crippen molar-refractivity contribution in [3.63, 3.8) is 0 Å². The van der Waals surface area contributed by atoms with E-state index < -0.39 is 23.8 Å². The zero-order chi connectivity index (χ0) is 15.2. The molecule has 2 nitrogen and oxygen atoms in total. The third kappa shape index (κ3) is 4.81. The van der Waals surface area contributed by atoms with Crippen LogP contribution >= 0.6 is 11.8 Å². The Morgan fingerprint density at radius 2 is 1.81 bits per heavy atom. The maximum absolute atomic E-state index is 13.5. The number of aliphatic hydroxyl groups is 1. The first kappa shape index (κ1) is 15.9. The molecule has 2 aromatic rings. The summed E-state index contributed by atoms with van der Waals surface area (Å²) in [6.07, 6.45) is -0.214. The van der Waals surface area contributed by atoms with Crippen molar-refractivity contribution in [2.75, 3.05) is 5.75 Å². The summed E-state index contributed by atoms with van der Waals surface area (Å²) in [7, 11) is 0. The average molecular weight is 309 g/mol. The van der Waals surface area contributed by atoms with Gasteiger partial charge in [0.1, 0.15) is 11.6 Å². The summed E-state index contributed by atoms with van der Waals surface area (Å²) in [6, 6.07) is 12.6. The van der Waals surface area contributed by atoms with Gasteiger partial charge >= 0.3 is 0 Å². The van der Waals surface area contributed by atoms with E-state index in [1.54, 1.807) is 0 Å². The van der Waals surface area contributed by atoms with Gasteiger partial charge in [-0.15, -0.1) is 11.8 Å². The molecule has 0 heterocycles. The molecule has 112 valence electrons. The Hall–Kier alpha value is -1.43. The molecular formula is C16H17F2NOS. The van der Waals surface area contributed by atoms with Crippen molar-refractivity contribution in [1.29, 1.82) is 0 Å². The molecule has 3 N–H and O–H groups in total. The van der Waals surface area contributed by atoms with Gasteiger partial charge in [-0.3, -0.25) is 0 Å². The molecule has 0 fully saturated rings. The van der Waals surface area contributed by atoms with Crippen molar-refractivity contribution < 1.29 is 13.9 Å². The molecule has 5 heteroatoms. The minimum absolute atomic E-state index is 0.260. The van der Waals surface area contributed by atoms with Gasteiger partial charge in [-0.2, -0.15) is 0 Å². The quantitative estimate of drug-likeness (QED) is 0.806. The zero-order valence-electron chi connectivity index (χ0n) is 11.4. The Morgan fingerprint density at radius 1 is 1.10 bits per heavy atom. The molecule has 0 aliphatic carbocycles. The molecule has 0 saturated carbocycles. The first-order chi connectivity index (χ1) is 10.1. The van der Waals surface area contributed by atoms with E-state index in [-0.39, 0.29) is 5.75 Å². The second-order valence-electron chi connectivity index (χ2n) is 4.81. The number of aliphatic hydroxyl groups excluding tert-OH is 1. The van der Waals surface area contributed by atoms with Gasteiger partial charge in [0.15, 0.2) is 0 Å². The molecule has 0 radical (unpaired) electrons. The number of hydrogen-bond donors (Lipinski definition) is 2. The van der Waals surface area contributed by atoms with E-state index in [9.17, 15) is 13.9 Å². The summed E-state index contributed by atoms with van der Waals surface area (Å²) in [6.45, 7) is 0. The van der Waals surface area contributed by atoms with Crippen LogP contribution in [-0.4, -0.2) is 23.0 Å². The van der Waals surface area contributed by atoms with E-state index >= 15 is 0 Å². The van der Waals surface area contributed by atoms with E-state index in [0.29, 0.717) is 11.3 Å². The Morgan fingerprint density at radius 3 is 2.48 bits per heavy atom. The third-order valence-electron chi connectivity index (χ3n) is 3.11. The molecule has 2 unspecified atom stereocenters. The van der Waals surface area contributed by atoms with Gasteiger partial charge in [0.2, 0.25) is 0 Å². The van der Waals surface area contributed by atoms with Crippen LogP contribution in [-0.2, 0) is 6.42 Å². The Bertz CT molecular complexity index is 580. The smallest absolute Gasteiger partial charge is 0.139 e. The van der Waals surface area contributed by atoms with Crippen molar-refractivity contribution in [3.8, 4) is 0 Å². The van der Waals surface area contributed by atoms with Gasteiger partial charge in [0.25, 0.3) is 0 Å². The van der Waals surface area contributed by atoms with Crippen LogP contribution < -0.4 is 5.73 Å². The summed E-state index contributed by atoms with van der Waals surface area (Å²) in [5, 5.41) is 10.0. The second-order valence-corrected chi connectivity index (χ2v) is 5.87. The van der Waals surface area contributed by atoms with Crippen LogP contribution in [0.3, 0.4) is 0 Å². The number of thioether (sulfide) groups is 1. The third-order valence-corrected chi connectivity index (χ3v) is 4.26. The van der Waals surface area contributed by atoms with Crippen LogP contribution in [0.2, 0.25) is 0 Å². The van der Waals surface area contributed by atoms with Crippen molar-refractivity contribution >= 4 is 11.8 Å². The van der Waals surface area contributed by atoms with Crippen LogP contribution in [0.4, 0.5) is 8.78 Å². The topological polar surface area (TPSA) is 46.2 Å². The van der Waals surface area contributed by atoms with E-state index in [4.69, 9.17) is 5.73 Å². The second kappa shape index (κ2) is 7.54. The lowest BCUT2D eigenvalue weighted by Crippen LogP contribution is -2.38. The number of nitrogens with two attached hydrogens (primary N) is 1. The van der Waals surface area contributed by atoms with Crippen LogP contribution in [0.1, 0.15) is 5.56 Å². The average Bonchev–Trinajstić information content (AvgIpc) is 2.47. The summed E-state index contributed by atoms with van der Waals surface area (Å²) < 4.78 is 26.3. The van der Waals surface area contributed by atoms with E-state index in [0.717, 1.165) is 23.4 Å². The fourth-order valence-electron chi connectivity index (χ4n) is 1.91. The molecule has 0 saturated heterocycles. The predicted molar refractivity (Wildman–Crippen MR) is 81.2 cm³/mol. The molecule has 0 aliphatic rings. The molecule has 2 atom stereocenters. The summed E-state index contributed by atoms with van der Waals surface area (Å²) in [5.41, 5.74) is 7.00. The minimum atomic E-state index is -0.764. The fourth-order valence-corrected chi connectivity index (χ4v) is 2.87. The zero-order valence-corrected chi connectivity index (χ0v) is 12.2. The van der Waals surface area contributed by atoms with E-state index in [1.807, 2.05) is 30.3 Å². The highest BCUT2D eigenvalue weighted by atomic mass is 32.2. The molecule has 0 bridgehead atoms. The molecule has 0 aliphatic heterocycles. The SMILES string of the molecule is NC(Cc1ccccc1)C(O)CSc1ccc(F)cc1F. The number of benzene rings is 2. The van der Waals surface area contributed by atoms with Crippen LogP contribution in [0.5, 0.6) is 0 Å². The highest BCUT2D eigenvalue weighted by molar-refractivity contribution is 7.99. The minimum Gasteiger partial charge on any atom is -0.391 e. The molecular weight excluding hydrogens is 292 g/mol. The normalized spacial score (nSPS) is 13.9. The summed E-state index contributed by atoms with van der Waals surface area (Å²) >= 11 is 1.13. The molecule has 0 spiro atoms. The lowest BCUT2D eigenvalue weighted by atomic mass is 10.0. The Kier molecular flexibility index (Phi) is 5.73. The van der Waals surface area contributed by atoms with Crippen LogP contribution in [0.25, 0.3) is 0 Å². The molecule has 21 heavy (non-hydrogen) atoms. The van der Waals surface area contributed by atoms with Gasteiger partial charge in [0.05, 0.1) is 6.10 Å². The first-order valence-electron chi connectivity index (χ1n) is 6.61. The maximum atomic E-state index is 13.5. The summed E-state index contributed by atoms with van der Waals surface area (Å²) in [4.78, 5) is 0.308. The molecule has 0 aromatic heterocycles. The lowest BCUT2D eigenvalue weighted by Gasteiger charge is -2.18. The van der Waals surface area contributed by atoms with Crippen LogP contribution in [0, 0.1) is 11.6 Å². The Balaban J connectivity index is 1.87. The summed E-state index contributed by atoms with van der Waals surface area (Å²) in [5.74, 6) is -0.974. The highest BCUT2D eigenvalue weighted by Gasteiger charge is 2.16. The number of hydrogen-bond acceptors (Lipinski definition) is 3. The lowest BCUT2D eigenvalue weighted by molar-refractivity contribution is 0.167. The molecule has 2 rings (SSSR count). The highest BCUT2D eigenvalue weighted by Crippen LogP contribution is 2.23. The predicted octanol–water partition coefficient (Wildman–Crippen LogP) is 2.99. The number of rotatable bonds is 6. The number of halogens is 2. The van der Waals surface area contributed by atoms with Crippen molar-refractivity contribution in [3.05, 3.63) is 65.7 Å². The van der Waals surface area contributed by atoms with Crippen molar-refractivity contribution in [1.82, 2.24) is 0 Å². The monoisotopic (exact) mass is 309 g/mol. The van der Waals surface area contributed by atoms with Gasteiger partial charge in [-0.25, -0.2) is 8.78 Å². The standard InChI is InChI=1S/C16H17F2NOS/c17-12-6-7-16(13(18)9-12)21-10-15(20)14(19)8-11-4-2-1-3-5-11/h1-7,9,14-15,20H,8,10,19H2. The van der Waals surface area contributed by atoms with Gasteiger partial charge in [-0.1, -0.05) is 30.3 Å². The van der Waals surface area contributed by atoms with Gasteiger partial charge < -0.3 is 10.8 Å². The van der Waals surface area contributed by atoms with Crippen molar-refractivity contribution in [2.24, 2.45) is 5.73 Å². The van der Waals surface area contributed by atoms with Crippen molar-refractivity contribution in [2.45, 2.75) is 23.5 Å². The Labute approximate surface area is 127 Å². The molecule has 2 aromatic carbocycles. The first-order valence-corrected chi connectivity index (χ1v) is 7.60. The van der Waals surface area contributed by atoms with E-state index in [1.165, 1.54) is 12.1 Å². The molecule has 0 amide bonds. The fraction of sp³-hybridized carbons (Fsp3) is 0.250.